The summed E-state index contributed by atoms with van der Waals surface area (Å²) in [7, 11) is 0. The van der Waals surface area contributed by atoms with Crippen LogP contribution in [0.5, 0.6) is 0 Å². The summed E-state index contributed by atoms with van der Waals surface area (Å²) in [5.41, 5.74) is -6.96. The first-order valence-corrected chi connectivity index (χ1v) is 19.1. The van der Waals surface area contributed by atoms with Crippen LogP contribution in [0.2, 0.25) is 0 Å². The van der Waals surface area contributed by atoms with Crippen LogP contribution < -0.4 is 5.32 Å². The van der Waals surface area contributed by atoms with Crippen molar-refractivity contribution in [3.63, 3.8) is 0 Å². The molecule has 2 saturated carbocycles. The van der Waals surface area contributed by atoms with Gasteiger partial charge in [0.25, 0.3) is 0 Å². The molecule has 0 radical (unpaired) electrons. The van der Waals surface area contributed by atoms with Gasteiger partial charge in [-0.2, -0.15) is 0 Å². The van der Waals surface area contributed by atoms with Crippen LogP contribution in [-0.4, -0.2) is 104 Å². The maximum atomic E-state index is 14.7. The zero-order valence-electron chi connectivity index (χ0n) is 31.9. The highest BCUT2D eigenvalue weighted by Crippen LogP contribution is 2.63. The normalized spacial score (nSPS) is 34.8. The Kier molecular flexibility index (Phi) is 11.2. The molecular weight excluding hydrogens is 710 g/mol. The Morgan fingerprint density at radius 3 is 2.20 bits per heavy atom. The topological polar surface area (TPSA) is 209 Å². The number of hydrogen-bond donors (Lipinski definition) is 6. The molecule has 6 rings (SSSR count). The molecule has 3 aliphatic carbocycles. The van der Waals surface area contributed by atoms with Gasteiger partial charge in [0, 0.05) is 30.6 Å². The molecule has 11 atom stereocenters. The fourth-order valence-electron chi connectivity index (χ4n) is 9.51. The molecule has 6 N–H and O–H groups in total. The van der Waals surface area contributed by atoms with Crippen LogP contribution in [0.25, 0.3) is 0 Å². The van der Waals surface area contributed by atoms with Crippen LogP contribution in [0.4, 0.5) is 0 Å². The molecule has 4 aliphatic rings. The van der Waals surface area contributed by atoms with E-state index in [4.69, 9.17) is 14.2 Å². The van der Waals surface area contributed by atoms with E-state index in [0.717, 1.165) is 12.8 Å². The van der Waals surface area contributed by atoms with Crippen molar-refractivity contribution in [1.29, 1.82) is 0 Å². The first kappa shape index (κ1) is 40.7. The third-order valence-electron chi connectivity index (χ3n) is 12.9. The third-order valence-corrected chi connectivity index (χ3v) is 12.9. The van der Waals surface area contributed by atoms with Gasteiger partial charge in [0.05, 0.1) is 35.8 Å². The maximum Gasteiger partial charge on any atom is 0.338 e. The number of esters is 2. The summed E-state index contributed by atoms with van der Waals surface area (Å²) < 4.78 is 17.9. The van der Waals surface area contributed by atoms with E-state index in [9.17, 15) is 44.7 Å². The lowest BCUT2D eigenvalue weighted by Gasteiger charge is -2.66. The average molecular weight is 764 g/mol. The summed E-state index contributed by atoms with van der Waals surface area (Å²) in [5, 5.41) is 63.5. The molecule has 13 heteroatoms. The van der Waals surface area contributed by atoms with E-state index in [1.54, 1.807) is 62.4 Å². The Morgan fingerprint density at radius 2 is 1.60 bits per heavy atom. The monoisotopic (exact) mass is 763 g/mol. The summed E-state index contributed by atoms with van der Waals surface area (Å²) in [6.45, 7) is 7.77. The second-order valence-corrected chi connectivity index (χ2v) is 16.4. The van der Waals surface area contributed by atoms with Crippen molar-refractivity contribution < 1.29 is 58.9 Å². The van der Waals surface area contributed by atoms with Gasteiger partial charge in [-0.1, -0.05) is 82.1 Å². The first-order valence-electron chi connectivity index (χ1n) is 19.1. The van der Waals surface area contributed by atoms with Crippen molar-refractivity contribution >= 4 is 23.6 Å². The number of aliphatic hydroxyl groups excluding tert-OH is 3. The number of fused-ring (bicyclic) bond motifs is 5. The summed E-state index contributed by atoms with van der Waals surface area (Å²) in [6, 6.07) is 15.2. The summed E-state index contributed by atoms with van der Waals surface area (Å²) >= 11 is 0. The number of carbonyl (C=O) groups excluding carboxylic acids is 4. The van der Waals surface area contributed by atoms with Crippen molar-refractivity contribution in [3.8, 4) is 0 Å². The molecule has 13 nitrogen and oxygen atoms in total. The third kappa shape index (κ3) is 6.72. The molecule has 3 fully saturated rings. The number of benzene rings is 2. The van der Waals surface area contributed by atoms with Crippen LogP contribution in [0.15, 0.2) is 71.8 Å². The quantitative estimate of drug-likeness (QED) is 0.111. The number of unbranched alkanes of at least 4 members (excludes halogenated alkanes) is 2. The van der Waals surface area contributed by atoms with E-state index in [-0.39, 0.29) is 42.1 Å². The summed E-state index contributed by atoms with van der Waals surface area (Å²) in [4.78, 5) is 55.6. The minimum atomic E-state index is -2.28. The zero-order valence-corrected chi connectivity index (χ0v) is 31.9. The molecule has 298 valence electrons. The van der Waals surface area contributed by atoms with Gasteiger partial charge >= 0.3 is 11.9 Å². The molecular formula is C42H53NO12. The van der Waals surface area contributed by atoms with Crippen molar-refractivity contribution in [1.82, 2.24) is 5.32 Å². The number of nitrogens with one attached hydrogen (secondary N) is 1. The van der Waals surface area contributed by atoms with E-state index in [1.807, 2.05) is 6.92 Å². The Bertz CT molecular complexity index is 1810. The predicted molar refractivity (Wildman–Crippen MR) is 197 cm³/mol. The van der Waals surface area contributed by atoms with E-state index >= 15 is 0 Å². The second kappa shape index (κ2) is 15.2. The van der Waals surface area contributed by atoms with Crippen LogP contribution in [0.1, 0.15) is 95.1 Å². The highest BCUT2D eigenvalue weighted by Gasteiger charge is 2.76. The second-order valence-electron chi connectivity index (χ2n) is 16.4. The summed E-state index contributed by atoms with van der Waals surface area (Å²) in [6.07, 6.45) is -7.59. The van der Waals surface area contributed by atoms with Gasteiger partial charge in [-0.25, -0.2) is 9.59 Å². The average Bonchev–Trinajstić information content (AvgIpc) is 3.16. The zero-order chi connectivity index (χ0) is 40.1. The Balaban J connectivity index is 1.43. The van der Waals surface area contributed by atoms with Crippen LogP contribution in [0.3, 0.4) is 0 Å². The van der Waals surface area contributed by atoms with Gasteiger partial charge < -0.3 is 45.1 Å². The van der Waals surface area contributed by atoms with Crippen LogP contribution in [-0.2, 0) is 28.6 Å². The predicted octanol–water partition coefficient (Wildman–Crippen LogP) is 2.86. The molecule has 1 amide bonds. The SMILES string of the molecule is CCCCCC(=O)N[C@@H](c1ccccc1)[C@@H](O)C(=O)O[C@H]1C[C@@]2(O)[C@@H](OC(=O)c3ccccc3)[C@@H]3[C@]4(O)CO[C@@H]4C[C@H](O)[C@@]3(C)C(=O)[C@H](O)C(=C1C)C2(C)C. The number of rotatable bonds is 11. The van der Waals surface area contributed by atoms with E-state index in [1.165, 1.54) is 26.0 Å². The van der Waals surface area contributed by atoms with Gasteiger partial charge in [0.2, 0.25) is 5.91 Å². The highest BCUT2D eigenvalue weighted by molar-refractivity contribution is 5.94. The molecule has 0 spiro atoms. The first-order chi connectivity index (χ1) is 25.9. The maximum absolute atomic E-state index is 14.7. The number of Topliss-reactive ketones (excluding diaryl/α,β-unsaturated/α-hetero) is 1. The molecule has 2 bridgehead atoms. The van der Waals surface area contributed by atoms with Gasteiger partial charge in [0.15, 0.2) is 11.9 Å². The van der Waals surface area contributed by atoms with E-state index < -0.39 is 94.8 Å². The minimum Gasteiger partial charge on any atom is -0.456 e. The summed E-state index contributed by atoms with van der Waals surface area (Å²) in [5.74, 6) is -4.80. The smallest absolute Gasteiger partial charge is 0.338 e. The van der Waals surface area contributed by atoms with Gasteiger partial charge in [-0.15, -0.1) is 0 Å². The molecule has 0 aromatic heterocycles. The Hall–Kier alpha value is -3.98. The lowest BCUT2D eigenvalue weighted by atomic mass is 9.44. The van der Waals surface area contributed by atoms with E-state index in [2.05, 4.69) is 5.32 Å². The largest absolute Gasteiger partial charge is 0.456 e. The molecule has 2 aromatic rings. The number of hydrogen-bond acceptors (Lipinski definition) is 12. The number of carbonyl (C=O) groups is 4. The fraction of sp³-hybridized carbons (Fsp3) is 0.571. The van der Waals surface area contributed by atoms with Crippen molar-refractivity contribution in [3.05, 3.63) is 82.9 Å². The fourth-order valence-corrected chi connectivity index (χ4v) is 9.51. The van der Waals surface area contributed by atoms with Gasteiger partial charge in [-0.3, -0.25) is 9.59 Å². The molecule has 2 aromatic carbocycles. The standard InChI is InChI=1S/C42H53NO12/c1-6-7-10-19-29(45)43-31(24-15-11-8-12-16-24)33(47)38(50)54-26-21-42(52)36(55-37(49)25-17-13-9-14-18-25)34-40(5,27(44)20-28-41(34,51)22-53-28)35(48)32(46)30(23(26)2)39(42,3)4/h8-9,11-18,26-28,31-34,36,44,46-47,51-52H,6-7,10,19-22H2,1-5H3,(H,43,45)/t26-,27-,28+,31-,32+,33+,34-,36-,40+,41-,42+/m0/s1. The Labute approximate surface area is 320 Å². The molecule has 1 saturated heterocycles. The molecule has 0 unspecified atom stereocenters. The Morgan fingerprint density at radius 1 is 0.964 bits per heavy atom. The van der Waals surface area contributed by atoms with Crippen molar-refractivity contribution in [2.24, 2.45) is 16.7 Å². The van der Waals surface area contributed by atoms with Crippen molar-refractivity contribution in [2.45, 2.75) is 127 Å². The lowest BCUT2D eigenvalue weighted by Crippen LogP contribution is -2.81. The van der Waals surface area contributed by atoms with Crippen molar-refractivity contribution in [2.75, 3.05) is 6.61 Å². The minimum absolute atomic E-state index is 0.0195. The number of amides is 1. The molecule has 1 heterocycles. The molecule has 55 heavy (non-hydrogen) atoms. The lowest BCUT2D eigenvalue weighted by molar-refractivity contribution is -0.343. The van der Waals surface area contributed by atoms with E-state index in [0.29, 0.717) is 12.0 Å². The van der Waals surface area contributed by atoms with Gasteiger partial charge in [0.1, 0.15) is 29.5 Å². The van der Waals surface area contributed by atoms with Crippen LogP contribution >= 0.6 is 0 Å². The number of aliphatic hydroxyl groups is 5. The highest BCUT2D eigenvalue weighted by atomic mass is 16.6. The number of ether oxygens (including phenoxy) is 3. The van der Waals surface area contributed by atoms with Gasteiger partial charge in [-0.05, 0) is 49.1 Å². The molecule has 1 aliphatic heterocycles. The number of ketones is 1. The van der Waals surface area contributed by atoms with Crippen LogP contribution in [0, 0.1) is 16.7 Å².